The summed E-state index contributed by atoms with van der Waals surface area (Å²) in [5.74, 6) is 1.23. The first kappa shape index (κ1) is 15.3. The Kier molecular flexibility index (Phi) is 3.46. The molecule has 0 radical (unpaired) electrons. The van der Waals surface area contributed by atoms with Crippen molar-refractivity contribution < 1.29 is 4.39 Å². The quantitative estimate of drug-likeness (QED) is 0.514. The highest BCUT2D eigenvalue weighted by Gasteiger charge is 2.15. The molecule has 0 unspecified atom stereocenters. The molecular formula is C19H12FN7. The number of pyridine rings is 1. The standard InChI is InChI=1S/C19H12FN7/c20-12-7-5-11(6-8-12)16-9-14(13-3-1-2-4-15(13)23-16)17-24-19(27-26-17)18-21-10-22-25-18/h1-10H,(H,21,22,25)(H,24,26,27). The summed E-state index contributed by atoms with van der Waals surface area (Å²) in [4.78, 5) is 13.3. The van der Waals surface area contributed by atoms with Gasteiger partial charge in [0.2, 0.25) is 0 Å². The molecule has 0 aliphatic heterocycles. The largest absolute Gasteiger partial charge is 0.257 e. The molecule has 8 heteroatoms. The number of rotatable bonds is 3. The summed E-state index contributed by atoms with van der Waals surface area (Å²) >= 11 is 0. The minimum absolute atomic E-state index is 0.287. The van der Waals surface area contributed by atoms with Gasteiger partial charge in [-0.2, -0.15) is 10.2 Å². The summed E-state index contributed by atoms with van der Waals surface area (Å²) in [6.07, 6.45) is 1.41. The Labute approximate surface area is 152 Å². The van der Waals surface area contributed by atoms with Gasteiger partial charge in [0.25, 0.3) is 0 Å². The molecule has 27 heavy (non-hydrogen) atoms. The van der Waals surface area contributed by atoms with Crippen molar-refractivity contribution in [1.29, 1.82) is 0 Å². The molecule has 0 spiro atoms. The highest BCUT2D eigenvalue weighted by molar-refractivity contribution is 5.95. The zero-order valence-electron chi connectivity index (χ0n) is 13.9. The van der Waals surface area contributed by atoms with Crippen LogP contribution >= 0.6 is 0 Å². The van der Waals surface area contributed by atoms with Gasteiger partial charge in [0.1, 0.15) is 12.1 Å². The predicted octanol–water partition coefficient (Wildman–Crippen LogP) is 3.61. The van der Waals surface area contributed by atoms with Crippen LogP contribution in [0.1, 0.15) is 0 Å². The van der Waals surface area contributed by atoms with E-state index in [0.29, 0.717) is 17.5 Å². The number of fused-ring (bicyclic) bond motifs is 1. The summed E-state index contributed by atoms with van der Waals surface area (Å²) in [5, 5.41) is 14.7. The van der Waals surface area contributed by atoms with Crippen LogP contribution in [-0.2, 0) is 0 Å². The van der Waals surface area contributed by atoms with Gasteiger partial charge in [-0.25, -0.2) is 19.3 Å². The van der Waals surface area contributed by atoms with E-state index in [1.807, 2.05) is 30.3 Å². The van der Waals surface area contributed by atoms with Crippen LogP contribution in [0.25, 0.3) is 45.2 Å². The number of aromatic amines is 2. The van der Waals surface area contributed by atoms with Crippen molar-refractivity contribution >= 4 is 10.9 Å². The zero-order valence-corrected chi connectivity index (χ0v) is 13.9. The molecule has 0 bridgehead atoms. The third-order valence-electron chi connectivity index (χ3n) is 4.22. The minimum atomic E-state index is -0.287. The number of aromatic nitrogens is 7. The second-order valence-electron chi connectivity index (χ2n) is 5.92. The topological polar surface area (TPSA) is 96.0 Å². The van der Waals surface area contributed by atoms with E-state index in [1.54, 1.807) is 12.1 Å². The lowest BCUT2D eigenvalue weighted by Gasteiger charge is -2.07. The Morgan fingerprint density at radius 2 is 1.70 bits per heavy atom. The number of hydrogen-bond donors (Lipinski definition) is 2. The number of para-hydroxylation sites is 1. The molecule has 130 valence electrons. The fourth-order valence-electron chi connectivity index (χ4n) is 2.94. The maximum absolute atomic E-state index is 13.3. The van der Waals surface area contributed by atoms with Gasteiger partial charge in [-0.05, 0) is 36.4 Å². The van der Waals surface area contributed by atoms with Crippen molar-refractivity contribution in [3.05, 3.63) is 66.7 Å². The van der Waals surface area contributed by atoms with E-state index in [2.05, 4.69) is 30.4 Å². The third-order valence-corrected chi connectivity index (χ3v) is 4.22. The summed E-state index contributed by atoms with van der Waals surface area (Å²) in [6, 6.07) is 15.9. The number of nitrogens with one attached hydrogen (secondary N) is 2. The number of H-pyrrole nitrogens is 2. The number of nitrogens with zero attached hydrogens (tertiary/aromatic N) is 5. The Bertz CT molecular complexity index is 1230. The van der Waals surface area contributed by atoms with Gasteiger partial charge in [0, 0.05) is 16.5 Å². The fraction of sp³-hybridized carbons (Fsp3) is 0. The van der Waals surface area contributed by atoms with Gasteiger partial charge in [0.15, 0.2) is 17.5 Å². The first-order valence-corrected chi connectivity index (χ1v) is 8.22. The monoisotopic (exact) mass is 357 g/mol. The Balaban J connectivity index is 1.70. The molecule has 0 saturated heterocycles. The smallest absolute Gasteiger partial charge is 0.193 e. The molecule has 0 saturated carbocycles. The van der Waals surface area contributed by atoms with E-state index in [-0.39, 0.29) is 5.82 Å². The van der Waals surface area contributed by atoms with Crippen LogP contribution in [-0.4, -0.2) is 35.3 Å². The van der Waals surface area contributed by atoms with Gasteiger partial charge in [-0.15, -0.1) is 0 Å². The maximum atomic E-state index is 13.3. The first-order chi connectivity index (χ1) is 13.3. The summed E-state index contributed by atoms with van der Waals surface area (Å²) in [5.41, 5.74) is 3.16. The van der Waals surface area contributed by atoms with Crippen LogP contribution in [0.4, 0.5) is 4.39 Å². The second kappa shape index (κ2) is 6.10. The predicted molar refractivity (Wildman–Crippen MR) is 97.9 cm³/mol. The van der Waals surface area contributed by atoms with E-state index < -0.39 is 0 Å². The normalized spacial score (nSPS) is 11.1. The molecule has 7 nitrogen and oxygen atoms in total. The molecule has 2 aromatic carbocycles. The van der Waals surface area contributed by atoms with Crippen LogP contribution in [0.3, 0.4) is 0 Å². The lowest BCUT2D eigenvalue weighted by molar-refractivity contribution is 0.628. The van der Waals surface area contributed by atoms with Gasteiger partial charge in [-0.3, -0.25) is 10.2 Å². The molecule has 0 aliphatic rings. The van der Waals surface area contributed by atoms with Crippen molar-refractivity contribution in [3.63, 3.8) is 0 Å². The van der Waals surface area contributed by atoms with E-state index in [9.17, 15) is 4.39 Å². The number of hydrogen-bond acceptors (Lipinski definition) is 5. The van der Waals surface area contributed by atoms with Crippen LogP contribution in [0.15, 0.2) is 60.9 Å². The lowest BCUT2D eigenvalue weighted by atomic mass is 10.0. The van der Waals surface area contributed by atoms with Crippen molar-refractivity contribution in [3.8, 4) is 34.3 Å². The average Bonchev–Trinajstić information content (AvgIpc) is 3.39. The zero-order chi connectivity index (χ0) is 18.2. The van der Waals surface area contributed by atoms with Crippen molar-refractivity contribution in [2.24, 2.45) is 0 Å². The van der Waals surface area contributed by atoms with Crippen LogP contribution in [0, 0.1) is 5.82 Å². The highest BCUT2D eigenvalue weighted by atomic mass is 19.1. The molecule has 5 rings (SSSR count). The maximum Gasteiger partial charge on any atom is 0.193 e. The molecule has 5 aromatic rings. The number of benzene rings is 2. The molecular weight excluding hydrogens is 345 g/mol. The second-order valence-corrected chi connectivity index (χ2v) is 5.92. The first-order valence-electron chi connectivity index (χ1n) is 8.22. The molecule has 0 fully saturated rings. The van der Waals surface area contributed by atoms with Gasteiger partial charge < -0.3 is 0 Å². The summed E-state index contributed by atoms with van der Waals surface area (Å²) in [7, 11) is 0. The van der Waals surface area contributed by atoms with E-state index in [0.717, 1.165) is 27.7 Å². The van der Waals surface area contributed by atoms with E-state index >= 15 is 0 Å². The van der Waals surface area contributed by atoms with Gasteiger partial charge in [0.05, 0.1) is 11.2 Å². The third kappa shape index (κ3) is 2.73. The Hall–Kier alpha value is -3.94. The molecule has 2 N–H and O–H groups in total. The lowest BCUT2D eigenvalue weighted by Crippen LogP contribution is -1.91. The van der Waals surface area contributed by atoms with E-state index in [4.69, 9.17) is 4.98 Å². The molecule has 3 heterocycles. The van der Waals surface area contributed by atoms with Crippen molar-refractivity contribution in [2.75, 3.05) is 0 Å². The Morgan fingerprint density at radius 1 is 0.852 bits per heavy atom. The van der Waals surface area contributed by atoms with E-state index in [1.165, 1.54) is 18.5 Å². The SMILES string of the molecule is Fc1ccc(-c2cc(-c3n[nH]c(-c4ncn[nH]4)n3)c3ccccc3n2)cc1. The van der Waals surface area contributed by atoms with Crippen LogP contribution in [0.2, 0.25) is 0 Å². The van der Waals surface area contributed by atoms with Gasteiger partial charge >= 0.3 is 0 Å². The molecule has 0 aliphatic carbocycles. The highest BCUT2D eigenvalue weighted by Crippen LogP contribution is 2.30. The average molecular weight is 357 g/mol. The Morgan fingerprint density at radius 3 is 2.52 bits per heavy atom. The molecule has 0 amide bonds. The van der Waals surface area contributed by atoms with Crippen molar-refractivity contribution in [2.45, 2.75) is 0 Å². The summed E-state index contributed by atoms with van der Waals surface area (Å²) in [6.45, 7) is 0. The van der Waals surface area contributed by atoms with Crippen LogP contribution < -0.4 is 0 Å². The van der Waals surface area contributed by atoms with Crippen LogP contribution in [0.5, 0.6) is 0 Å². The minimum Gasteiger partial charge on any atom is -0.257 e. The molecule has 0 atom stereocenters. The number of halogens is 1. The summed E-state index contributed by atoms with van der Waals surface area (Å²) < 4.78 is 13.3. The molecule has 3 aromatic heterocycles. The van der Waals surface area contributed by atoms with Crippen molar-refractivity contribution in [1.82, 2.24) is 35.3 Å². The fourth-order valence-corrected chi connectivity index (χ4v) is 2.94. The van der Waals surface area contributed by atoms with Gasteiger partial charge in [-0.1, -0.05) is 18.2 Å².